The van der Waals surface area contributed by atoms with Crippen molar-refractivity contribution >= 4 is 11.9 Å². The van der Waals surface area contributed by atoms with Crippen molar-refractivity contribution in [3.8, 4) is 0 Å². The van der Waals surface area contributed by atoms with Gasteiger partial charge in [-0.2, -0.15) is 0 Å². The lowest BCUT2D eigenvalue weighted by molar-refractivity contribution is -0.125. The topological polar surface area (TPSA) is 17.1 Å². The molecule has 0 amide bonds. The zero-order valence-corrected chi connectivity index (χ0v) is 11.5. The summed E-state index contributed by atoms with van der Waals surface area (Å²) >= 11 is 0. The third kappa shape index (κ3) is 4.18. The zero-order chi connectivity index (χ0) is 13.1. The minimum absolute atomic E-state index is 0.244. The van der Waals surface area contributed by atoms with Crippen LogP contribution < -0.4 is 0 Å². The SMILES string of the molecule is Cc1ccc(C)c(/C=C/CC(=O)C(C)(C)C)c1. The van der Waals surface area contributed by atoms with Gasteiger partial charge in [0.2, 0.25) is 0 Å². The van der Waals surface area contributed by atoms with Gasteiger partial charge in [-0.15, -0.1) is 0 Å². The van der Waals surface area contributed by atoms with Crippen molar-refractivity contribution in [1.82, 2.24) is 0 Å². The third-order valence-electron chi connectivity index (χ3n) is 2.87. The molecular formula is C16H22O. The van der Waals surface area contributed by atoms with Gasteiger partial charge >= 0.3 is 0 Å². The van der Waals surface area contributed by atoms with Gasteiger partial charge in [-0.3, -0.25) is 4.79 Å². The molecule has 0 aromatic heterocycles. The lowest BCUT2D eigenvalue weighted by Gasteiger charge is -2.14. The van der Waals surface area contributed by atoms with Gasteiger partial charge in [-0.05, 0) is 25.0 Å². The Labute approximate surface area is 105 Å². The van der Waals surface area contributed by atoms with E-state index < -0.39 is 0 Å². The second-order valence-electron chi connectivity index (χ2n) is 5.64. The van der Waals surface area contributed by atoms with Crippen LogP contribution >= 0.6 is 0 Å². The predicted octanol–water partition coefficient (Wildman–Crippen LogP) is 4.32. The maximum absolute atomic E-state index is 11.8. The van der Waals surface area contributed by atoms with Crippen LogP contribution in [0.25, 0.3) is 6.08 Å². The molecule has 0 radical (unpaired) electrons. The maximum Gasteiger partial charge on any atom is 0.141 e. The van der Waals surface area contributed by atoms with Crippen LogP contribution in [0.4, 0.5) is 0 Å². The fourth-order valence-corrected chi connectivity index (χ4v) is 1.54. The Balaban J connectivity index is 2.72. The minimum atomic E-state index is -0.244. The van der Waals surface area contributed by atoms with Gasteiger partial charge in [-0.1, -0.05) is 56.7 Å². The molecule has 0 unspecified atom stereocenters. The minimum Gasteiger partial charge on any atom is -0.299 e. The molecule has 92 valence electrons. The second-order valence-corrected chi connectivity index (χ2v) is 5.64. The van der Waals surface area contributed by atoms with Crippen LogP contribution in [0.3, 0.4) is 0 Å². The quantitative estimate of drug-likeness (QED) is 0.755. The Morgan fingerprint density at radius 2 is 1.88 bits per heavy atom. The van der Waals surface area contributed by atoms with Crippen molar-refractivity contribution in [3.05, 3.63) is 41.0 Å². The Kier molecular flexibility index (Phi) is 4.28. The molecule has 0 saturated carbocycles. The summed E-state index contributed by atoms with van der Waals surface area (Å²) in [5.41, 5.74) is 3.45. The van der Waals surface area contributed by atoms with Crippen LogP contribution in [0, 0.1) is 19.3 Å². The molecule has 0 N–H and O–H groups in total. The van der Waals surface area contributed by atoms with E-state index in [1.54, 1.807) is 0 Å². The molecule has 0 spiro atoms. The number of carbonyl (C=O) groups is 1. The molecule has 0 heterocycles. The van der Waals surface area contributed by atoms with Gasteiger partial charge in [0.05, 0.1) is 0 Å². The summed E-state index contributed by atoms with van der Waals surface area (Å²) in [5, 5.41) is 0. The van der Waals surface area contributed by atoms with Gasteiger partial charge in [0.15, 0.2) is 0 Å². The standard InChI is InChI=1S/C16H22O/c1-12-9-10-13(2)14(11-12)7-6-8-15(17)16(3,4)5/h6-7,9-11H,8H2,1-5H3/b7-6+. The summed E-state index contributed by atoms with van der Waals surface area (Å²) in [4.78, 5) is 11.8. The van der Waals surface area contributed by atoms with Gasteiger partial charge in [0.25, 0.3) is 0 Å². The summed E-state index contributed by atoms with van der Waals surface area (Å²) < 4.78 is 0. The molecule has 0 aliphatic carbocycles. The number of allylic oxidation sites excluding steroid dienone is 1. The van der Waals surface area contributed by atoms with E-state index in [-0.39, 0.29) is 11.2 Å². The molecule has 1 aromatic rings. The van der Waals surface area contributed by atoms with E-state index in [1.807, 2.05) is 32.9 Å². The number of carbonyl (C=O) groups excluding carboxylic acids is 1. The van der Waals surface area contributed by atoms with Crippen molar-refractivity contribution < 1.29 is 4.79 Å². The van der Waals surface area contributed by atoms with Crippen LogP contribution in [0.5, 0.6) is 0 Å². The summed E-state index contributed by atoms with van der Waals surface area (Å²) in [5.74, 6) is 0.277. The van der Waals surface area contributed by atoms with E-state index in [0.29, 0.717) is 6.42 Å². The first kappa shape index (κ1) is 13.7. The normalized spacial score (nSPS) is 12.1. The fourth-order valence-electron chi connectivity index (χ4n) is 1.54. The lowest BCUT2D eigenvalue weighted by atomic mass is 9.89. The van der Waals surface area contributed by atoms with Crippen LogP contribution in [0.2, 0.25) is 0 Å². The van der Waals surface area contributed by atoms with Crippen molar-refractivity contribution in [2.75, 3.05) is 0 Å². The molecule has 1 nitrogen and oxygen atoms in total. The molecule has 1 aromatic carbocycles. The van der Waals surface area contributed by atoms with E-state index in [0.717, 1.165) is 0 Å². The Morgan fingerprint density at radius 3 is 2.47 bits per heavy atom. The summed E-state index contributed by atoms with van der Waals surface area (Å²) in [6.07, 6.45) is 4.53. The Bertz CT molecular complexity index is 433. The lowest BCUT2D eigenvalue weighted by Crippen LogP contribution is -2.18. The van der Waals surface area contributed by atoms with Crippen LogP contribution in [-0.2, 0) is 4.79 Å². The number of aryl methyl sites for hydroxylation is 2. The Morgan fingerprint density at radius 1 is 1.24 bits per heavy atom. The highest BCUT2D eigenvalue weighted by molar-refractivity contribution is 5.85. The molecule has 0 saturated heterocycles. The fraction of sp³-hybridized carbons (Fsp3) is 0.438. The van der Waals surface area contributed by atoms with E-state index in [4.69, 9.17) is 0 Å². The number of ketones is 1. The van der Waals surface area contributed by atoms with Crippen LogP contribution in [0.1, 0.15) is 43.9 Å². The first-order chi connectivity index (χ1) is 7.80. The molecule has 17 heavy (non-hydrogen) atoms. The van der Waals surface area contributed by atoms with Gasteiger partial charge in [0, 0.05) is 11.8 Å². The average Bonchev–Trinajstić information content (AvgIpc) is 2.21. The first-order valence-corrected chi connectivity index (χ1v) is 6.08. The molecule has 0 fully saturated rings. The molecular weight excluding hydrogens is 208 g/mol. The molecule has 0 aliphatic rings. The monoisotopic (exact) mass is 230 g/mol. The zero-order valence-electron chi connectivity index (χ0n) is 11.5. The molecule has 0 aliphatic heterocycles. The van der Waals surface area contributed by atoms with Crippen molar-refractivity contribution in [3.63, 3.8) is 0 Å². The number of Topliss-reactive ketones (excluding diaryl/α,β-unsaturated/α-hetero) is 1. The summed E-state index contributed by atoms with van der Waals surface area (Å²) in [7, 11) is 0. The van der Waals surface area contributed by atoms with Crippen molar-refractivity contribution in [1.29, 1.82) is 0 Å². The highest BCUT2D eigenvalue weighted by Gasteiger charge is 2.19. The number of rotatable bonds is 3. The smallest absolute Gasteiger partial charge is 0.141 e. The van der Waals surface area contributed by atoms with Crippen molar-refractivity contribution in [2.45, 2.75) is 41.0 Å². The first-order valence-electron chi connectivity index (χ1n) is 6.08. The highest BCUT2D eigenvalue weighted by Crippen LogP contribution is 2.18. The van der Waals surface area contributed by atoms with Crippen LogP contribution in [0.15, 0.2) is 24.3 Å². The Hall–Kier alpha value is -1.37. The van der Waals surface area contributed by atoms with E-state index in [2.05, 4.69) is 32.0 Å². The largest absolute Gasteiger partial charge is 0.299 e. The van der Waals surface area contributed by atoms with E-state index in [1.165, 1.54) is 16.7 Å². The third-order valence-corrected chi connectivity index (χ3v) is 2.87. The molecule has 1 heteroatoms. The molecule has 0 bridgehead atoms. The van der Waals surface area contributed by atoms with Gasteiger partial charge < -0.3 is 0 Å². The predicted molar refractivity (Wildman–Crippen MR) is 74.0 cm³/mol. The van der Waals surface area contributed by atoms with E-state index >= 15 is 0 Å². The second kappa shape index (κ2) is 5.31. The van der Waals surface area contributed by atoms with Crippen LogP contribution in [-0.4, -0.2) is 5.78 Å². The maximum atomic E-state index is 11.8. The highest BCUT2D eigenvalue weighted by atomic mass is 16.1. The summed E-state index contributed by atoms with van der Waals surface area (Å²) in [6, 6.07) is 6.36. The number of benzene rings is 1. The molecule has 1 rings (SSSR count). The average molecular weight is 230 g/mol. The number of hydrogen-bond acceptors (Lipinski definition) is 1. The van der Waals surface area contributed by atoms with Crippen molar-refractivity contribution in [2.24, 2.45) is 5.41 Å². The van der Waals surface area contributed by atoms with E-state index in [9.17, 15) is 4.79 Å². The van der Waals surface area contributed by atoms with Gasteiger partial charge in [0.1, 0.15) is 5.78 Å². The summed E-state index contributed by atoms with van der Waals surface area (Å²) in [6.45, 7) is 10.0. The number of hydrogen-bond donors (Lipinski definition) is 0. The molecule has 0 atom stereocenters. The van der Waals surface area contributed by atoms with Gasteiger partial charge in [-0.25, -0.2) is 0 Å².